The van der Waals surface area contributed by atoms with E-state index in [9.17, 15) is 4.79 Å². The van der Waals surface area contributed by atoms with Gasteiger partial charge in [-0.1, -0.05) is 0 Å². The van der Waals surface area contributed by atoms with Crippen molar-refractivity contribution in [3.05, 3.63) is 17.5 Å². The lowest BCUT2D eigenvalue weighted by Gasteiger charge is -2.12. The lowest BCUT2D eigenvalue weighted by Crippen LogP contribution is -2.16. The number of carboxylic acids is 1. The molecule has 2 rings (SSSR count). The van der Waals surface area contributed by atoms with Crippen LogP contribution in [0, 0.1) is 6.92 Å². The lowest BCUT2D eigenvalue weighted by atomic mass is 9.98. The zero-order chi connectivity index (χ0) is 10.3. The largest absolute Gasteiger partial charge is 0.481 e. The minimum Gasteiger partial charge on any atom is -0.481 e. The van der Waals surface area contributed by atoms with Crippen LogP contribution in [-0.2, 0) is 17.3 Å². The quantitative estimate of drug-likeness (QED) is 0.787. The molecule has 1 N–H and O–H groups in total. The van der Waals surface area contributed by atoms with Crippen LogP contribution in [0.3, 0.4) is 0 Å². The van der Waals surface area contributed by atoms with E-state index in [0.717, 1.165) is 24.2 Å². The Bertz CT molecular complexity index is 377. The Balaban J connectivity index is 2.30. The molecule has 0 atom stereocenters. The van der Waals surface area contributed by atoms with Gasteiger partial charge in [0.15, 0.2) is 0 Å². The summed E-state index contributed by atoms with van der Waals surface area (Å²) in [7, 11) is 1.88. The molecule has 0 aliphatic heterocycles. The van der Waals surface area contributed by atoms with Crippen molar-refractivity contribution in [3.63, 3.8) is 0 Å². The third-order valence-electron chi connectivity index (χ3n) is 2.89. The molecule has 4 heteroatoms. The van der Waals surface area contributed by atoms with Crippen molar-refractivity contribution >= 4 is 5.97 Å². The molecule has 76 valence electrons. The van der Waals surface area contributed by atoms with Gasteiger partial charge in [0, 0.05) is 18.2 Å². The highest BCUT2D eigenvalue weighted by molar-refractivity contribution is 5.69. The molecule has 0 aromatic carbocycles. The van der Waals surface area contributed by atoms with Crippen LogP contribution >= 0.6 is 0 Å². The van der Waals surface area contributed by atoms with Gasteiger partial charge in [-0.15, -0.1) is 0 Å². The number of aromatic nitrogens is 2. The minimum atomic E-state index is -0.721. The van der Waals surface area contributed by atoms with E-state index in [-0.39, 0.29) is 11.8 Å². The van der Waals surface area contributed by atoms with E-state index >= 15 is 0 Å². The third kappa shape index (κ3) is 1.41. The zero-order valence-corrected chi connectivity index (χ0v) is 8.45. The van der Waals surface area contributed by atoms with Crippen molar-refractivity contribution in [2.24, 2.45) is 7.05 Å². The predicted molar refractivity (Wildman–Crippen MR) is 51.1 cm³/mol. The molecule has 1 aliphatic rings. The maximum atomic E-state index is 10.7. The summed E-state index contributed by atoms with van der Waals surface area (Å²) in [6.45, 7) is 1.93. The average molecular weight is 194 g/mol. The Morgan fingerprint density at radius 2 is 2.36 bits per heavy atom. The van der Waals surface area contributed by atoms with Gasteiger partial charge < -0.3 is 5.11 Å². The summed E-state index contributed by atoms with van der Waals surface area (Å²) in [5, 5.41) is 13.1. The third-order valence-corrected chi connectivity index (χ3v) is 2.89. The minimum absolute atomic E-state index is 0.123. The van der Waals surface area contributed by atoms with E-state index in [4.69, 9.17) is 5.11 Å². The fourth-order valence-corrected chi connectivity index (χ4v) is 2.07. The van der Waals surface area contributed by atoms with Crippen LogP contribution in [0.4, 0.5) is 0 Å². The molecule has 0 spiro atoms. The molecule has 0 bridgehead atoms. The topological polar surface area (TPSA) is 55.1 Å². The molecule has 0 saturated heterocycles. The number of aryl methyl sites for hydroxylation is 2. The maximum Gasteiger partial charge on any atom is 0.304 e. The summed E-state index contributed by atoms with van der Waals surface area (Å²) in [5.74, 6) is -0.721. The summed E-state index contributed by atoms with van der Waals surface area (Å²) < 4.78 is 1.81. The summed E-state index contributed by atoms with van der Waals surface area (Å²) in [6.07, 6.45) is 2.17. The van der Waals surface area contributed by atoms with Gasteiger partial charge in [-0.3, -0.25) is 9.48 Å². The molecule has 1 aromatic rings. The lowest BCUT2D eigenvalue weighted by molar-refractivity contribution is -0.137. The molecule has 14 heavy (non-hydrogen) atoms. The molecule has 4 nitrogen and oxygen atoms in total. The van der Waals surface area contributed by atoms with Crippen molar-refractivity contribution in [1.82, 2.24) is 9.78 Å². The molecular weight excluding hydrogens is 180 g/mol. The first-order chi connectivity index (χ1) is 6.53. The first-order valence-electron chi connectivity index (χ1n) is 4.76. The molecule has 1 aromatic heterocycles. The average Bonchev–Trinajstić information content (AvgIpc) is 2.72. The highest BCUT2D eigenvalue weighted by Crippen LogP contribution is 2.50. The van der Waals surface area contributed by atoms with Crippen LogP contribution in [0.15, 0.2) is 6.07 Å². The molecule has 1 heterocycles. The van der Waals surface area contributed by atoms with Gasteiger partial charge >= 0.3 is 5.97 Å². The first-order valence-corrected chi connectivity index (χ1v) is 4.76. The monoisotopic (exact) mass is 194 g/mol. The van der Waals surface area contributed by atoms with Crippen LogP contribution in [0.25, 0.3) is 0 Å². The standard InChI is InChI=1S/C10H14N2O2/c1-7-5-8(12(2)11-7)10(3-4-10)6-9(13)14/h5H,3-4,6H2,1-2H3,(H,13,14). The van der Waals surface area contributed by atoms with Crippen molar-refractivity contribution in [2.75, 3.05) is 0 Å². The van der Waals surface area contributed by atoms with Gasteiger partial charge in [0.25, 0.3) is 0 Å². The van der Waals surface area contributed by atoms with E-state index in [0.29, 0.717) is 0 Å². The van der Waals surface area contributed by atoms with Gasteiger partial charge in [-0.25, -0.2) is 0 Å². The van der Waals surface area contributed by atoms with Crippen molar-refractivity contribution in [1.29, 1.82) is 0 Å². The molecule has 1 aliphatic carbocycles. The van der Waals surface area contributed by atoms with Crippen LogP contribution in [0.1, 0.15) is 30.7 Å². The Morgan fingerprint density at radius 1 is 1.71 bits per heavy atom. The number of aliphatic carboxylic acids is 1. The predicted octanol–water partition coefficient (Wildman–Crippen LogP) is 1.23. The zero-order valence-electron chi connectivity index (χ0n) is 8.45. The van der Waals surface area contributed by atoms with Gasteiger partial charge in [-0.2, -0.15) is 5.10 Å². The SMILES string of the molecule is Cc1cc(C2(CC(=O)O)CC2)n(C)n1. The number of hydrogen-bond acceptors (Lipinski definition) is 2. The number of nitrogens with zero attached hydrogens (tertiary/aromatic N) is 2. The summed E-state index contributed by atoms with van der Waals surface area (Å²) >= 11 is 0. The number of carboxylic acid groups (broad SMARTS) is 1. The molecule has 1 saturated carbocycles. The van der Waals surface area contributed by atoms with Crippen LogP contribution in [-0.4, -0.2) is 20.9 Å². The van der Waals surface area contributed by atoms with E-state index in [1.165, 1.54) is 0 Å². The first kappa shape index (κ1) is 9.24. The fourth-order valence-electron chi connectivity index (χ4n) is 2.07. The Hall–Kier alpha value is -1.32. The number of hydrogen-bond donors (Lipinski definition) is 1. The van der Waals surface area contributed by atoms with Crippen molar-refractivity contribution in [3.8, 4) is 0 Å². The van der Waals surface area contributed by atoms with Gasteiger partial charge in [0.1, 0.15) is 0 Å². The molecule has 0 radical (unpaired) electrons. The molecular formula is C10H14N2O2. The molecule has 1 fully saturated rings. The van der Waals surface area contributed by atoms with Crippen molar-refractivity contribution < 1.29 is 9.90 Å². The van der Waals surface area contributed by atoms with E-state index < -0.39 is 5.97 Å². The summed E-state index contributed by atoms with van der Waals surface area (Å²) in [6, 6.07) is 2.00. The Morgan fingerprint density at radius 3 is 2.71 bits per heavy atom. The molecule has 0 unspecified atom stereocenters. The normalized spacial score (nSPS) is 18.1. The second-order valence-electron chi connectivity index (χ2n) is 4.15. The van der Waals surface area contributed by atoms with E-state index in [1.807, 2.05) is 24.7 Å². The second kappa shape index (κ2) is 2.83. The van der Waals surface area contributed by atoms with Gasteiger partial charge in [0.2, 0.25) is 0 Å². The Labute approximate surface area is 82.5 Å². The van der Waals surface area contributed by atoms with Crippen LogP contribution < -0.4 is 0 Å². The summed E-state index contributed by atoms with van der Waals surface area (Å²) in [5.41, 5.74) is 1.90. The Kier molecular flexibility index (Phi) is 1.87. The maximum absolute atomic E-state index is 10.7. The highest BCUT2D eigenvalue weighted by atomic mass is 16.4. The summed E-state index contributed by atoms with van der Waals surface area (Å²) in [4.78, 5) is 10.7. The molecule has 0 amide bonds. The smallest absolute Gasteiger partial charge is 0.304 e. The van der Waals surface area contributed by atoms with E-state index in [1.54, 1.807) is 0 Å². The second-order valence-corrected chi connectivity index (χ2v) is 4.15. The number of carbonyl (C=O) groups is 1. The van der Waals surface area contributed by atoms with Crippen LogP contribution in [0.5, 0.6) is 0 Å². The fraction of sp³-hybridized carbons (Fsp3) is 0.600. The van der Waals surface area contributed by atoms with E-state index in [2.05, 4.69) is 5.10 Å². The van der Waals surface area contributed by atoms with Gasteiger partial charge in [-0.05, 0) is 25.8 Å². The van der Waals surface area contributed by atoms with Crippen LogP contribution in [0.2, 0.25) is 0 Å². The number of rotatable bonds is 3. The van der Waals surface area contributed by atoms with Crippen molar-refractivity contribution in [2.45, 2.75) is 31.6 Å². The highest BCUT2D eigenvalue weighted by Gasteiger charge is 2.48. The van der Waals surface area contributed by atoms with Gasteiger partial charge in [0.05, 0.1) is 12.1 Å².